The summed E-state index contributed by atoms with van der Waals surface area (Å²) in [4.78, 5) is 12.0. The lowest BCUT2D eigenvalue weighted by molar-refractivity contribution is -0.126. The molecule has 0 saturated heterocycles. The van der Waals surface area contributed by atoms with Crippen LogP contribution in [0.4, 0.5) is 0 Å². The molecular weight excluding hydrogens is 176 g/mol. The molecule has 0 heterocycles. The van der Waals surface area contributed by atoms with Crippen LogP contribution in [0.1, 0.15) is 38.5 Å². The summed E-state index contributed by atoms with van der Waals surface area (Å²) in [5, 5.41) is 0. The number of hydrogen-bond donors (Lipinski definition) is 0. The number of carbonyl (C=O) groups is 1. The summed E-state index contributed by atoms with van der Waals surface area (Å²) < 4.78 is 5.30. The average molecular weight is 194 g/mol. The first-order valence-corrected chi connectivity index (χ1v) is 5.59. The largest absolute Gasteiger partial charge is 0.373 e. The quantitative estimate of drug-likeness (QED) is 0.687. The molecule has 1 atom stereocenters. The minimum atomic E-state index is -0.139. The van der Waals surface area contributed by atoms with Crippen molar-refractivity contribution in [3.05, 3.63) is 11.6 Å². The van der Waals surface area contributed by atoms with E-state index < -0.39 is 0 Å². The molecule has 0 aliphatic heterocycles. The third-order valence-electron chi connectivity index (χ3n) is 3.17. The molecule has 1 fully saturated rings. The summed E-state index contributed by atoms with van der Waals surface area (Å²) in [6.07, 6.45) is 8.73. The number of Topliss-reactive ketones (excluding diaryl/α,β-unsaturated/α-hetero) is 1. The maximum atomic E-state index is 12.0. The smallest absolute Gasteiger partial charge is 0.187 e. The number of carbonyl (C=O) groups excluding carboxylic acids is 1. The molecule has 2 aliphatic rings. The lowest BCUT2D eigenvalue weighted by atomic mass is 9.93. The molecule has 1 unspecified atom stereocenters. The van der Waals surface area contributed by atoms with E-state index in [0.29, 0.717) is 5.92 Å². The zero-order chi connectivity index (χ0) is 9.97. The van der Waals surface area contributed by atoms with Crippen LogP contribution >= 0.6 is 0 Å². The van der Waals surface area contributed by atoms with Gasteiger partial charge in [-0.05, 0) is 50.0 Å². The Balaban J connectivity index is 2.01. The molecule has 2 aliphatic carbocycles. The molecular formula is C12H18O2. The minimum absolute atomic E-state index is 0.139. The van der Waals surface area contributed by atoms with E-state index >= 15 is 0 Å². The second-order valence-corrected chi connectivity index (χ2v) is 4.33. The number of ketones is 1. The van der Waals surface area contributed by atoms with Gasteiger partial charge in [0.2, 0.25) is 0 Å². The lowest BCUT2D eigenvalue weighted by Gasteiger charge is -2.17. The van der Waals surface area contributed by atoms with Gasteiger partial charge in [-0.3, -0.25) is 4.79 Å². The molecule has 0 bridgehead atoms. The van der Waals surface area contributed by atoms with Crippen molar-refractivity contribution >= 4 is 5.78 Å². The van der Waals surface area contributed by atoms with Gasteiger partial charge in [-0.1, -0.05) is 6.08 Å². The number of ether oxygens (including phenoxy) is 1. The van der Waals surface area contributed by atoms with Crippen LogP contribution < -0.4 is 0 Å². The van der Waals surface area contributed by atoms with Gasteiger partial charge < -0.3 is 4.74 Å². The summed E-state index contributed by atoms with van der Waals surface area (Å²) in [6.45, 7) is 0. The van der Waals surface area contributed by atoms with E-state index in [0.717, 1.165) is 31.3 Å². The van der Waals surface area contributed by atoms with Crippen molar-refractivity contribution in [1.82, 2.24) is 0 Å². The zero-order valence-electron chi connectivity index (χ0n) is 8.79. The van der Waals surface area contributed by atoms with E-state index in [1.165, 1.54) is 12.8 Å². The van der Waals surface area contributed by atoms with E-state index in [-0.39, 0.29) is 11.9 Å². The van der Waals surface area contributed by atoms with Gasteiger partial charge in [-0.15, -0.1) is 0 Å². The molecule has 0 aromatic rings. The van der Waals surface area contributed by atoms with Crippen LogP contribution in [0.25, 0.3) is 0 Å². The van der Waals surface area contributed by atoms with Crippen LogP contribution in [0.2, 0.25) is 0 Å². The maximum absolute atomic E-state index is 12.0. The Bertz CT molecular complexity index is 251. The average Bonchev–Trinajstić information content (AvgIpc) is 3.04. The molecule has 0 amide bonds. The molecule has 0 spiro atoms. The number of allylic oxidation sites excluding steroid dienone is 1. The second-order valence-electron chi connectivity index (χ2n) is 4.33. The predicted octanol–water partition coefficient (Wildman–Crippen LogP) is 2.48. The Morgan fingerprint density at radius 2 is 2.29 bits per heavy atom. The van der Waals surface area contributed by atoms with Crippen molar-refractivity contribution in [2.45, 2.75) is 44.6 Å². The molecule has 2 rings (SSSR count). The lowest BCUT2D eigenvalue weighted by Crippen LogP contribution is -2.27. The summed E-state index contributed by atoms with van der Waals surface area (Å²) in [5.41, 5.74) is 1.02. The first-order chi connectivity index (χ1) is 6.83. The second kappa shape index (κ2) is 4.26. The van der Waals surface area contributed by atoms with E-state index in [9.17, 15) is 4.79 Å². The van der Waals surface area contributed by atoms with Gasteiger partial charge in [0, 0.05) is 7.11 Å². The number of rotatable bonds is 4. The molecule has 0 aromatic carbocycles. The van der Waals surface area contributed by atoms with Crippen molar-refractivity contribution in [3.8, 4) is 0 Å². The predicted molar refractivity (Wildman–Crippen MR) is 55.1 cm³/mol. The Labute approximate surface area is 85.3 Å². The van der Waals surface area contributed by atoms with Crippen LogP contribution in [-0.4, -0.2) is 19.0 Å². The van der Waals surface area contributed by atoms with Crippen LogP contribution in [-0.2, 0) is 9.53 Å². The Morgan fingerprint density at radius 1 is 1.50 bits per heavy atom. The SMILES string of the molecule is COC(C(=O)C1=CCCCC1)C1CC1. The summed E-state index contributed by atoms with van der Waals surface area (Å²) in [7, 11) is 1.66. The van der Waals surface area contributed by atoms with E-state index in [2.05, 4.69) is 6.08 Å². The van der Waals surface area contributed by atoms with E-state index in [1.807, 2.05) is 0 Å². The monoisotopic (exact) mass is 194 g/mol. The zero-order valence-corrected chi connectivity index (χ0v) is 8.79. The molecule has 78 valence electrons. The van der Waals surface area contributed by atoms with Gasteiger partial charge in [0.25, 0.3) is 0 Å². The fraction of sp³-hybridized carbons (Fsp3) is 0.750. The Hall–Kier alpha value is -0.630. The van der Waals surface area contributed by atoms with Gasteiger partial charge in [0.05, 0.1) is 0 Å². The molecule has 2 heteroatoms. The first kappa shape index (κ1) is 9.91. The van der Waals surface area contributed by atoms with Crippen LogP contribution in [0, 0.1) is 5.92 Å². The molecule has 0 radical (unpaired) electrons. The standard InChI is InChI=1S/C12H18O2/c1-14-12(10-7-8-10)11(13)9-5-3-2-4-6-9/h5,10,12H,2-4,6-8H2,1H3. The highest BCUT2D eigenvalue weighted by atomic mass is 16.5. The normalized spacial score (nSPS) is 24.2. The minimum Gasteiger partial charge on any atom is -0.373 e. The topological polar surface area (TPSA) is 26.3 Å². The van der Waals surface area contributed by atoms with Gasteiger partial charge >= 0.3 is 0 Å². The molecule has 1 saturated carbocycles. The fourth-order valence-electron chi connectivity index (χ4n) is 2.16. The van der Waals surface area contributed by atoms with Gasteiger partial charge in [-0.2, -0.15) is 0 Å². The fourth-order valence-corrected chi connectivity index (χ4v) is 2.16. The van der Waals surface area contributed by atoms with Crippen LogP contribution in [0.15, 0.2) is 11.6 Å². The van der Waals surface area contributed by atoms with Crippen LogP contribution in [0.3, 0.4) is 0 Å². The molecule has 0 aromatic heterocycles. The van der Waals surface area contributed by atoms with Crippen molar-refractivity contribution in [1.29, 1.82) is 0 Å². The van der Waals surface area contributed by atoms with Gasteiger partial charge in [0.1, 0.15) is 6.10 Å². The summed E-state index contributed by atoms with van der Waals surface area (Å²) in [5.74, 6) is 0.769. The van der Waals surface area contributed by atoms with Crippen molar-refractivity contribution in [3.63, 3.8) is 0 Å². The summed E-state index contributed by atoms with van der Waals surface area (Å²) >= 11 is 0. The maximum Gasteiger partial charge on any atom is 0.187 e. The van der Waals surface area contributed by atoms with Gasteiger partial charge in [0.15, 0.2) is 5.78 Å². The highest BCUT2D eigenvalue weighted by molar-refractivity contribution is 5.99. The van der Waals surface area contributed by atoms with Gasteiger partial charge in [-0.25, -0.2) is 0 Å². The number of methoxy groups -OCH3 is 1. The van der Waals surface area contributed by atoms with Crippen molar-refractivity contribution in [2.24, 2.45) is 5.92 Å². The molecule has 2 nitrogen and oxygen atoms in total. The molecule has 0 N–H and O–H groups in total. The highest BCUT2D eigenvalue weighted by Gasteiger charge is 2.37. The van der Waals surface area contributed by atoms with Crippen molar-refractivity contribution < 1.29 is 9.53 Å². The Morgan fingerprint density at radius 3 is 2.79 bits per heavy atom. The third kappa shape index (κ3) is 2.06. The van der Waals surface area contributed by atoms with Crippen molar-refractivity contribution in [2.75, 3.05) is 7.11 Å². The van der Waals surface area contributed by atoms with Crippen LogP contribution in [0.5, 0.6) is 0 Å². The summed E-state index contributed by atoms with van der Waals surface area (Å²) in [6, 6.07) is 0. The first-order valence-electron chi connectivity index (χ1n) is 5.59. The highest BCUT2D eigenvalue weighted by Crippen LogP contribution is 2.36. The van der Waals surface area contributed by atoms with E-state index in [1.54, 1.807) is 7.11 Å². The van der Waals surface area contributed by atoms with E-state index in [4.69, 9.17) is 4.74 Å². The third-order valence-corrected chi connectivity index (χ3v) is 3.17. The molecule has 14 heavy (non-hydrogen) atoms. The Kier molecular flexibility index (Phi) is 3.02. The number of hydrogen-bond acceptors (Lipinski definition) is 2.